The number of primary amides is 1. The molecule has 2 N–H and O–H groups in total. The van der Waals surface area contributed by atoms with Gasteiger partial charge in [-0.25, -0.2) is 0 Å². The summed E-state index contributed by atoms with van der Waals surface area (Å²) in [6.07, 6.45) is 10.6. The van der Waals surface area contributed by atoms with Gasteiger partial charge in [-0.05, 0) is 78.9 Å². The van der Waals surface area contributed by atoms with Gasteiger partial charge in [0.1, 0.15) is 0 Å². The maximum Gasteiger partial charge on any atom is 0.248 e. The summed E-state index contributed by atoms with van der Waals surface area (Å²) in [5.74, 6) is 3.16. The molecule has 0 bridgehead atoms. The third kappa shape index (κ3) is 2.58. The molecule has 0 spiro atoms. The number of rotatable bonds is 6. The van der Waals surface area contributed by atoms with E-state index in [-0.39, 0.29) is 5.91 Å². The number of amides is 1. The number of hydrogen-bond acceptors (Lipinski definition) is 2. The van der Waals surface area contributed by atoms with Crippen LogP contribution in [0, 0.1) is 17.8 Å². The minimum atomic E-state index is -0.296. The lowest BCUT2D eigenvalue weighted by Gasteiger charge is -2.22. The quantitative estimate of drug-likeness (QED) is 0.847. The summed E-state index contributed by atoms with van der Waals surface area (Å²) in [4.78, 5) is 11.8. The van der Waals surface area contributed by atoms with Crippen molar-refractivity contribution in [2.45, 2.75) is 56.9 Å². The van der Waals surface area contributed by atoms with Crippen LogP contribution < -0.4 is 5.73 Å². The highest BCUT2D eigenvalue weighted by atomic mass is 16.1. The Hall–Kier alpha value is -2.10. The second kappa shape index (κ2) is 5.97. The maximum absolute atomic E-state index is 11.8. The molecule has 1 aromatic carbocycles. The fourth-order valence-corrected chi connectivity index (χ4v) is 5.61. The highest BCUT2D eigenvalue weighted by Crippen LogP contribution is 2.67. The van der Waals surface area contributed by atoms with Gasteiger partial charge < -0.3 is 5.73 Å². The zero-order valence-corrected chi connectivity index (χ0v) is 15.3. The molecule has 4 heteroatoms. The van der Waals surface area contributed by atoms with Crippen molar-refractivity contribution in [2.75, 3.05) is 0 Å². The summed E-state index contributed by atoms with van der Waals surface area (Å²) in [5.41, 5.74) is 8.94. The topological polar surface area (TPSA) is 60.9 Å². The van der Waals surface area contributed by atoms with E-state index in [4.69, 9.17) is 5.73 Å². The van der Waals surface area contributed by atoms with Gasteiger partial charge in [0.05, 0.1) is 12.2 Å². The lowest BCUT2D eigenvalue weighted by molar-refractivity contribution is 0.0998. The van der Waals surface area contributed by atoms with Gasteiger partial charge in [-0.15, -0.1) is 0 Å². The van der Waals surface area contributed by atoms with Crippen LogP contribution >= 0.6 is 0 Å². The Balaban J connectivity index is 1.30. The van der Waals surface area contributed by atoms with Gasteiger partial charge in [-0.2, -0.15) is 5.10 Å². The molecule has 3 fully saturated rings. The average Bonchev–Trinajstić information content (AvgIpc) is 3.49. The van der Waals surface area contributed by atoms with Crippen molar-refractivity contribution in [3.8, 4) is 0 Å². The van der Waals surface area contributed by atoms with Crippen LogP contribution in [-0.2, 0) is 0 Å². The summed E-state index contributed by atoms with van der Waals surface area (Å²) < 4.78 is 2.18. The molecule has 26 heavy (non-hydrogen) atoms. The number of carbonyl (C=O) groups is 1. The maximum atomic E-state index is 11.8. The van der Waals surface area contributed by atoms with Gasteiger partial charge in [-0.3, -0.25) is 9.48 Å². The normalized spacial score (nSPS) is 28.7. The van der Waals surface area contributed by atoms with Crippen molar-refractivity contribution in [1.29, 1.82) is 0 Å². The van der Waals surface area contributed by atoms with Gasteiger partial charge in [0.2, 0.25) is 5.91 Å². The second-order valence-electron chi connectivity index (χ2n) is 8.52. The lowest BCUT2D eigenvalue weighted by Crippen LogP contribution is -2.17. The van der Waals surface area contributed by atoms with Crippen molar-refractivity contribution in [3.63, 3.8) is 0 Å². The van der Waals surface area contributed by atoms with E-state index in [0.717, 1.165) is 24.2 Å². The summed E-state index contributed by atoms with van der Waals surface area (Å²) in [5, 5.41) is 4.58. The molecule has 3 atom stereocenters. The van der Waals surface area contributed by atoms with Crippen molar-refractivity contribution in [3.05, 3.63) is 53.3 Å². The van der Waals surface area contributed by atoms with E-state index in [1.807, 2.05) is 18.2 Å². The minimum Gasteiger partial charge on any atom is -0.366 e. The van der Waals surface area contributed by atoms with Crippen LogP contribution in [0.5, 0.6) is 0 Å². The fourth-order valence-electron chi connectivity index (χ4n) is 5.61. The fraction of sp³-hybridized carbons (Fsp3) is 0.545. The van der Waals surface area contributed by atoms with Crippen LogP contribution in [0.25, 0.3) is 0 Å². The average molecular weight is 349 g/mol. The predicted octanol–water partition coefficient (Wildman–Crippen LogP) is 4.25. The van der Waals surface area contributed by atoms with E-state index < -0.39 is 0 Å². The molecule has 3 saturated carbocycles. The summed E-state index contributed by atoms with van der Waals surface area (Å²) in [6.45, 7) is 2.24. The van der Waals surface area contributed by atoms with Crippen molar-refractivity contribution in [1.82, 2.24) is 9.78 Å². The van der Waals surface area contributed by atoms with Gasteiger partial charge in [0, 0.05) is 11.8 Å². The first kappa shape index (κ1) is 16.1. The predicted molar refractivity (Wildman–Crippen MR) is 101 cm³/mol. The SMILES string of the molecule is CC[C@@H](c1ccccc1C(N)=O)C1[C@@H]2CC(c3cnn(C4CC4)c3)C[C@@H]12. The first-order valence-electron chi connectivity index (χ1n) is 10.1. The molecule has 3 aliphatic carbocycles. The van der Waals surface area contributed by atoms with E-state index in [1.54, 1.807) is 0 Å². The Morgan fingerprint density at radius 2 is 2.00 bits per heavy atom. The number of nitrogens with zero attached hydrogens (tertiary/aromatic N) is 2. The zero-order valence-electron chi connectivity index (χ0n) is 15.3. The molecule has 1 heterocycles. The third-order valence-corrected chi connectivity index (χ3v) is 7.06. The Morgan fingerprint density at radius 1 is 1.27 bits per heavy atom. The Morgan fingerprint density at radius 3 is 2.65 bits per heavy atom. The molecule has 0 saturated heterocycles. The number of fused-ring (bicyclic) bond motifs is 1. The monoisotopic (exact) mass is 349 g/mol. The molecule has 0 radical (unpaired) electrons. The number of carbonyl (C=O) groups excluding carboxylic acids is 1. The van der Waals surface area contributed by atoms with Crippen LogP contribution in [-0.4, -0.2) is 15.7 Å². The Kier molecular flexibility index (Phi) is 3.70. The van der Waals surface area contributed by atoms with E-state index in [2.05, 4.69) is 35.2 Å². The molecule has 1 aromatic heterocycles. The number of nitrogens with two attached hydrogens (primary N) is 1. The number of hydrogen-bond donors (Lipinski definition) is 1. The van der Waals surface area contributed by atoms with Gasteiger partial charge in [-0.1, -0.05) is 25.1 Å². The summed E-state index contributed by atoms with van der Waals surface area (Å²) >= 11 is 0. The van der Waals surface area contributed by atoms with Crippen LogP contribution in [0.1, 0.15) is 78.4 Å². The summed E-state index contributed by atoms with van der Waals surface area (Å²) in [7, 11) is 0. The van der Waals surface area contributed by atoms with Crippen molar-refractivity contribution in [2.24, 2.45) is 23.5 Å². The van der Waals surface area contributed by atoms with Crippen molar-refractivity contribution >= 4 is 5.91 Å². The highest BCUT2D eigenvalue weighted by molar-refractivity contribution is 5.94. The van der Waals surface area contributed by atoms with Crippen LogP contribution in [0.2, 0.25) is 0 Å². The number of benzene rings is 1. The Labute approximate surface area is 154 Å². The molecule has 136 valence electrons. The smallest absolute Gasteiger partial charge is 0.248 e. The van der Waals surface area contributed by atoms with Crippen LogP contribution in [0.3, 0.4) is 0 Å². The molecular formula is C22H27N3O. The Bertz CT molecular complexity index is 825. The highest BCUT2D eigenvalue weighted by Gasteiger charge is 2.58. The minimum absolute atomic E-state index is 0.296. The van der Waals surface area contributed by atoms with Crippen LogP contribution in [0.15, 0.2) is 36.7 Å². The molecule has 5 rings (SSSR count). The number of aromatic nitrogens is 2. The van der Waals surface area contributed by atoms with Gasteiger partial charge in [0.15, 0.2) is 0 Å². The summed E-state index contributed by atoms with van der Waals surface area (Å²) in [6, 6.07) is 8.62. The van der Waals surface area contributed by atoms with E-state index in [0.29, 0.717) is 23.4 Å². The lowest BCUT2D eigenvalue weighted by atomic mass is 9.82. The van der Waals surface area contributed by atoms with E-state index >= 15 is 0 Å². The first-order valence-corrected chi connectivity index (χ1v) is 10.1. The van der Waals surface area contributed by atoms with Crippen molar-refractivity contribution < 1.29 is 4.79 Å². The molecule has 2 aromatic rings. The van der Waals surface area contributed by atoms with E-state index in [9.17, 15) is 4.79 Å². The molecule has 1 amide bonds. The first-order chi connectivity index (χ1) is 12.7. The van der Waals surface area contributed by atoms with Gasteiger partial charge in [0.25, 0.3) is 0 Å². The molecule has 4 nitrogen and oxygen atoms in total. The molecular weight excluding hydrogens is 322 g/mol. The largest absolute Gasteiger partial charge is 0.366 e. The zero-order chi connectivity index (χ0) is 17.8. The van der Waals surface area contributed by atoms with Crippen LogP contribution in [0.4, 0.5) is 0 Å². The third-order valence-electron chi connectivity index (χ3n) is 7.06. The molecule has 0 unspecified atom stereocenters. The molecule has 0 aliphatic heterocycles. The molecule has 3 aliphatic rings. The second-order valence-corrected chi connectivity index (χ2v) is 8.52. The standard InChI is InChI=1S/C22H27N3O/c1-2-16(17-5-3-4-6-18(17)22(23)26)21-19-9-13(10-20(19)21)14-11-24-25(12-14)15-7-8-15/h3-6,11-13,15-16,19-21H,2,7-10H2,1H3,(H2,23,26)/t13?,16-,19+,20+,21?/m0/s1. The van der Waals surface area contributed by atoms with E-state index in [1.165, 1.54) is 36.8 Å². The van der Waals surface area contributed by atoms with Gasteiger partial charge >= 0.3 is 0 Å².